The minimum Gasteiger partial charge on any atom is -0.490 e. The molecule has 0 radical (unpaired) electrons. The Morgan fingerprint density at radius 2 is 2.03 bits per heavy atom. The number of amides is 1. The molecule has 1 N–H and O–H groups in total. The van der Waals surface area contributed by atoms with Crippen LogP contribution in [-0.2, 0) is 11.4 Å². The average Bonchev–Trinajstić information content (AvgIpc) is 3.19. The Labute approximate surface area is 195 Å². The van der Waals surface area contributed by atoms with Gasteiger partial charge in [-0.15, -0.1) is 0 Å². The fraction of sp³-hybridized carbons (Fsp3) is 0.304. The van der Waals surface area contributed by atoms with Crippen molar-refractivity contribution in [1.82, 2.24) is 5.32 Å². The van der Waals surface area contributed by atoms with Crippen molar-refractivity contribution in [1.29, 1.82) is 5.26 Å². The Morgan fingerprint density at radius 3 is 2.74 bits per heavy atom. The number of carbonyl (C=O) groups is 1. The summed E-state index contributed by atoms with van der Waals surface area (Å²) < 4.78 is 23.4. The Bertz CT molecular complexity index is 1040. The first kappa shape index (κ1) is 22.7. The van der Waals surface area contributed by atoms with Gasteiger partial charge in [0.2, 0.25) is 6.79 Å². The summed E-state index contributed by atoms with van der Waals surface area (Å²) in [6, 6.07) is 11.2. The van der Waals surface area contributed by atoms with Crippen LogP contribution >= 0.6 is 22.6 Å². The van der Waals surface area contributed by atoms with Crippen molar-refractivity contribution in [3.63, 3.8) is 0 Å². The van der Waals surface area contributed by atoms with Gasteiger partial charge in [-0.25, -0.2) is 0 Å². The van der Waals surface area contributed by atoms with E-state index in [1.165, 1.54) is 0 Å². The smallest absolute Gasteiger partial charge is 0.262 e. The van der Waals surface area contributed by atoms with E-state index < -0.39 is 5.91 Å². The summed E-state index contributed by atoms with van der Waals surface area (Å²) in [5, 5.41) is 12.1. The van der Waals surface area contributed by atoms with E-state index >= 15 is 0 Å². The summed E-state index contributed by atoms with van der Waals surface area (Å²) in [7, 11) is 0. The Morgan fingerprint density at radius 1 is 1.26 bits per heavy atom. The van der Waals surface area contributed by atoms with E-state index in [4.69, 9.17) is 18.9 Å². The summed E-state index contributed by atoms with van der Waals surface area (Å²) in [5.74, 6) is 2.16. The fourth-order valence-electron chi connectivity index (χ4n) is 2.92. The molecule has 1 aliphatic rings. The van der Waals surface area contributed by atoms with Crippen molar-refractivity contribution in [3.05, 3.63) is 50.6 Å². The van der Waals surface area contributed by atoms with Gasteiger partial charge < -0.3 is 24.3 Å². The molecule has 0 atom stereocenters. The van der Waals surface area contributed by atoms with Crippen LogP contribution in [0.25, 0.3) is 6.08 Å². The van der Waals surface area contributed by atoms with Gasteiger partial charge in [0, 0.05) is 6.04 Å². The van der Waals surface area contributed by atoms with Crippen molar-refractivity contribution >= 4 is 34.6 Å². The lowest BCUT2D eigenvalue weighted by Crippen LogP contribution is -2.30. The number of benzene rings is 2. The number of fused-ring (bicyclic) bond motifs is 1. The number of hydrogen-bond acceptors (Lipinski definition) is 6. The molecule has 2 aromatic rings. The lowest BCUT2D eigenvalue weighted by molar-refractivity contribution is -0.117. The molecular formula is C23H23IN2O5. The highest BCUT2D eigenvalue weighted by Crippen LogP contribution is 2.37. The van der Waals surface area contributed by atoms with E-state index in [9.17, 15) is 10.1 Å². The first-order valence-corrected chi connectivity index (χ1v) is 10.9. The van der Waals surface area contributed by atoms with Crippen molar-refractivity contribution < 1.29 is 23.7 Å². The molecule has 162 valence electrons. The van der Waals surface area contributed by atoms with Crippen LogP contribution < -0.4 is 24.3 Å². The minimum absolute atomic E-state index is 0.0287. The molecule has 2 aromatic carbocycles. The monoisotopic (exact) mass is 534 g/mol. The molecule has 1 aliphatic heterocycles. The van der Waals surface area contributed by atoms with Gasteiger partial charge in [0.05, 0.1) is 10.2 Å². The summed E-state index contributed by atoms with van der Waals surface area (Å²) in [4.78, 5) is 12.2. The Kier molecular flexibility index (Phi) is 7.63. The van der Waals surface area contributed by atoms with Gasteiger partial charge in [-0.1, -0.05) is 6.07 Å². The number of nitrogens with one attached hydrogen (secondary N) is 1. The maximum absolute atomic E-state index is 12.2. The van der Waals surface area contributed by atoms with E-state index in [1.54, 1.807) is 12.1 Å². The van der Waals surface area contributed by atoms with Gasteiger partial charge in [0.1, 0.15) is 18.2 Å². The van der Waals surface area contributed by atoms with E-state index in [1.807, 2.05) is 51.1 Å². The molecule has 0 spiro atoms. The molecule has 0 bridgehead atoms. The van der Waals surface area contributed by atoms with Crippen molar-refractivity contribution in [3.8, 4) is 29.1 Å². The highest BCUT2D eigenvalue weighted by atomic mass is 127. The lowest BCUT2D eigenvalue weighted by Gasteiger charge is -2.15. The van der Waals surface area contributed by atoms with E-state index in [-0.39, 0.29) is 18.4 Å². The molecule has 0 unspecified atom stereocenters. The van der Waals surface area contributed by atoms with Crippen molar-refractivity contribution in [2.24, 2.45) is 0 Å². The number of nitrogens with zero attached hydrogens (tertiary/aromatic N) is 1. The summed E-state index contributed by atoms with van der Waals surface area (Å²) in [5.41, 5.74) is 1.64. The van der Waals surface area contributed by atoms with Crippen LogP contribution in [0.15, 0.2) is 35.9 Å². The molecule has 0 aliphatic carbocycles. The summed E-state index contributed by atoms with van der Waals surface area (Å²) in [6.07, 6.45) is 1.55. The molecule has 0 aromatic heterocycles. The van der Waals surface area contributed by atoms with Gasteiger partial charge in [-0.2, -0.15) is 5.26 Å². The zero-order valence-corrected chi connectivity index (χ0v) is 19.7. The lowest BCUT2D eigenvalue weighted by atomic mass is 10.1. The van der Waals surface area contributed by atoms with E-state index in [0.29, 0.717) is 36.0 Å². The van der Waals surface area contributed by atoms with Gasteiger partial charge in [0.25, 0.3) is 5.91 Å². The zero-order chi connectivity index (χ0) is 22.4. The largest absolute Gasteiger partial charge is 0.490 e. The molecule has 0 saturated carbocycles. The predicted octanol–water partition coefficient (Wildman–Crippen LogP) is 4.43. The van der Waals surface area contributed by atoms with E-state index in [2.05, 4.69) is 27.9 Å². The molecule has 3 rings (SSSR count). The highest BCUT2D eigenvalue weighted by molar-refractivity contribution is 14.1. The van der Waals surface area contributed by atoms with Crippen LogP contribution in [0.1, 0.15) is 31.9 Å². The third-order valence-electron chi connectivity index (χ3n) is 4.25. The third kappa shape index (κ3) is 5.82. The number of hydrogen-bond donors (Lipinski definition) is 1. The van der Waals surface area contributed by atoms with Crippen LogP contribution in [0.2, 0.25) is 0 Å². The van der Waals surface area contributed by atoms with Crippen molar-refractivity contribution in [2.75, 3.05) is 13.4 Å². The quantitative estimate of drug-likeness (QED) is 0.306. The SMILES string of the molecule is CCOc1cc(/C=C(/C#N)C(=O)NC(C)C)cc(I)c1OCc1ccc2c(c1)OCO2. The standard InChI is InChI=1S/C23H23IN2O5/c1-4-28-21-10-16(7-17(11-25)23(27)26-14(2)3)8-18(24)22(21)29-12-15-5-6-19-20(9-15)31-13-30-19/h5-10,14H,4,12-13H2,1-3H3,(H,26,27)/b17-7-. The predicted molar refractivity (Wildman–Crippen MR) is 124 cm³/mol. The minimum atomic E-state index is -0.409. The first-order chi connectivity index (χ1) is 14.9. The number of nitriles is 1. The molecule has 1 heterocycles. The zero-order valence-electron chi connectivity index (χ0n) is 17.5. The number of ether oxygens (including phenoxy) is 4. The van der Waals surface area contributed by atoms with Crippen LogP contribution in [-0.4, -0.2) is 25.3 Å². The second kappa shape index (κ2) is 10.4. The topological polar surface area (TPSA) is 89.8 Å². The molecular weight excluding hydrogens is 511 g/mol. The number of halogens is 1. The normalized spacial score (nSPS) is 12.5. The van der Waals surface area contributed by atoms with Gasteiger partial charge >= 0.3 is 0 Å². The van der Waals surface area contributed by atoms with Crippen LogP contribution in [0.3, 0.4) is 0 Å². The Balaban J connectivity index is 1.84. The van der Waals surface area contributed by atoms with Crippen LogP contribution in [0.4, 0.5) is 0 Å². The second-order valence-electron chi connectivity index (χ2n) is 7.04. The molecule has 7 nitrogen and oxygen atoms in total. The average molecular weight is 534 g/mol. The second-order valence-corrected chi connectivity index (χ2v) is 8.20. The maximum Gasteiger partial charge on any atom is 0.262 e. The fourth-order valence-corrected chi connectivity index (χ4v) is 3.70. The Hall–Kier alpha value is -2.93. The molecule has 31 heavy (non-hydrogen) atoms. The molecule has 0 fully saturated rings. The van der Waals surface area contributed by atoms with Crippen LogP contribution in [0, 0.1) is 14.9 Å². The first-order valence-electron chi connectivity index (χ1n) is 9.81. The highest BCUT2D eigenvalue weighted by Gasteiger charge is 2.17. The maximum atomic E-state index is 12.2. The van der Waals surface area contributed by atoms with Crippen molar-refractivity contribution in [2.45, 2.75) is 33.4 Å². The van der Waals surface area contributed by atoms with Gasteiger partial charge in [-0.05, 0) is 84.8 Å². The number of carbonyl (C=O) groups excluding carboxylic acids is 1. The summed E-state index contributed by atoms with van der Waals surface area (Å²) >= 11 is 2.16. The summed E-state index contributed by atoms with van der Waals surface area (Å²) in [6.45, 7) is 6.56. The van der Waals surface area contributed by atoms with Crippen LogP contribution in [0.5, 0.6) is 23.0 Å². The third-order valence-corrected chi connectivity index (χ3v) is 5.05. The molecule has 8 heteroatoms. The van der Waals surface area contributed by atoms with E-state index in [0.717, 1.165) is 14.9 Å². The van der Waals surface area contributed by atoms with Gasteiger partial charge in [-0.3, -0.25) is 4.79 Å². The number of rotatable bonds is 8. The molecule has 1 amide bonds. The van der Waals surface area contributed by atoms with Gasteiger partial charge in [0.15, 0.2) is 23.0 Å². The molecule has 0 saturated heterocycles.